The summed E-state index contributed by atoms with van der Waals surface area (Å²) in [5.74, 6) is -0.190. The zero-order valence-corrected chi connectivity index (χ0v) is 19.7. The number of nitrogens with one attached hydrogen (secondary N) is 1. The second-order valence-corrected chi connectivity index (χ2v) is 8.72. The van der Waals surface area contributed by atoms with Crippen molar-refractivity contribution in [3.63, 3.8) is 0 Å². The van der Waals surface area contributed by atoms with Gasteiger partial charge >= 0.3 is 0 Å². The van der Waals surface area contributed by atoms with Crippen LogP contribution in [-0.4, -0.2) is 28.8 Å². The van der Waals surface area contributed by atoms with Gasteiger partial charge in [-0.3, -0.25) is 9.59 Å². The van der Waals surface area contributed by atoms with Gasteiger partial charge in [-0.1, -0.05) is 73.1 Å². The van der Waals surface area contributed by atoms with E-state index in [0.717, 1.165) is 28.3 Å². The molecule has 0 saturated carbocycles. The van der Waals surface area contributed by atoms with Gasteiger partial charge in [-0.2, -0.15) is 0 Å². The Morgan fingerprint density at radius 2 is 1.72 bits per heavy atom. The lowest BCUT2D eigenvalue weighted by Crippen LogP contribution is -2.49. The van der Waals surface area contributed by atoms with Gasteiger partial charge in [0.25, 0.3) is 0 Å². The molecule has 0 heterocycles. The average molecular weight is 451 g/mol. The van der Waals surface area contributed by atoms with Crippen molar-refractivity contribution in [2.75, 3.05) is 0 Å². The number of hydrogen-bond donors (Lipinski definition) is 1. The van der Waals surface area contributed by atoms with Crippen LogP contribution >= 0.6 is 11.6 Å². The second-order valence-electron chi connectivity index (χ2n) is 8.28. The summed E-state index contributed by atoms with van der Waals surface area (Å²) in [6.45, 7) is 6.12. The molecule has 0 aliphatic carbocycles. The number of carbonyl (C=O) groups excluding carboxylic acids is 2. The molecular weight excluding hydrogens is 420 g/mol. The molecule has 5 heteroatoms. The molecular formula is C27H31ClN2O2. The number of carbonyl (C=O) groups is 2. The summed E-state index contributed by atoms with van der Waals surface area (Å²) in [7, 11) is 0. The number of rotatable bonds is 9. The molecule has 32 heavy (non-hydrogen) atoms. The standard InChI is InChI=1S/C27H31ClN2O2/c1-4-19(2)29-27(32)20(3)30(18-21-9-7-13-24(28)17-21)26(31)16-15-23-12-8-11-22-10-5-6-14-25(22)23/h5-14,17,19-20H,4,15-16,18H2,1-3H3,(H,29,32)/t19-,20+/m1/s1. The average Bonchev–Trinajstić information content (AvgIpc) is 2.80. The first-order valence-electron chi connectivity index (χ1n) is 11.2. The molecule has 0 unspecified atom stereocenters. The molecule has 0 aliphatic heterocycles. The molecule has 2 atom stereocenters. The highest BCUT2D eigenvalue weighted by Crippen LogP contribution is 2.21. The zero-order chi connectivity index (χ0) is 23.1. The smallest absolute Gasteiger partial charge is 0.242 e. The van der Waals surface area contributed by atoms with Crippen molar-refractivity contribution in [3.8, 4) is 0 Å². The monoisotopic (exact) mass is 450 g/mol. The van der Waals surface area contributed by atoms with Gasteiger partial charge in [0.15, 0.2) is 0 Å². The Morgan fingerprint density at radius 3 is 2.47 bits per heavy atom. The lowest BCUT2D eigenvalue weighted by Gasteiger charge is -2.30. The quantitative estimate of drug-likeness (QED) is 0.450. The number of benzene rings is 3. The maximum atomic E-state index is 13.4. The van der Waals surface area contributed by atoms with Crippen molar-refractivity contribution in [2.45, 2.75) is 58.7 Å². The summed E-state index contributed by atoms with van der Waals surface area (Å²) in [6.07, 6.45) is 1.78. The molecule has 0 radical (unpaired) electrons. The van der Waals surface area contributed by atoms with Gasteiger partial charge in [-0.15, -0.1) is 0 Å². The minimum atomic E-state index is -0.581. The van der Waals surface area contributed by atoms with Crippen molar-refractivity contribution >= 4 is 34.2 Å². The fourth-order valence-electron chi connectivity index (χ4n) is 3.78. The summed E-state index contributed by atoms with van der Waals surface area (Å²) in [4.78, 5) is 27.9. The van der Waals surface area contributed by atoms with E-state index in [2.05, 4.69) is 29.6 Å². The Bertz CT molecular complexity index is 1080. The number of nitrogens with zero attached hydrogens (tertiary/aromatic N) is 1. The second kappa shape index (κ2) is 11.1. The van der Waals surface area contributed by atoms with Gasteiger partial charge in [0, 0.05) is 24.0 Å². The maximum Gasteiger partial charge on any atom is 0.242 e. The summed E-state index contributed by atoms with van der Waals surface area (Å²) in [6, 6.07) is 21.3. The fourth-order valence-corrected chi connectivity index (χ4v) is 3.99. The molecule has 0 fully saturated rings. The summed E-state index contributed by atoms with van der Waals surface area (Å²) >= 11 is 6.15. The molecule has 0 aromatic heterocycles. The van der Waals surface area contributed by atoms with Crippen molar-refractivity contribution < 1.29 is 9.59 Å². The van der Waals surface area contributed by atoms with E-state index in [4.69, 9.17) is 11.6 Å². The van der Waals surface area contributed by atoms with Crippen molar-refractivity contribution in [2.24, 2.45) is 0 Å². The highest BCUT2D eigenvalue weighted by molar-refractivity contribution is 6.30. The molecule has 0 saturated heterocycles. The summed E-state index contributed by atoms with van der Waals surface area (Å²) in [5.41, 5.74) is 2.04. The Kier molecular flexibility index (Phi) is 8.29. The molecule has 0 bridgehead atoms. The molecule has 3 aromatic rings. The number of halogens is 1. The van der Waals surface area contributed by atoms with Gasteiger partial charge in [-0.25, -0.2) is 0 Å². The van der Waals surface area contributed by atoms with Crippen LogP contribution in [0.3, 0.4) is 0 Å². The predicted octanol–water partition coefficient (Wildman–Crippen LogP) is 5.76. The first kappa shape index (κ1) is 23.8. The van der Waals surface area contributed by atoms with E-state index in [1.54, 1.807) is 17.9 Å². The van der Waals surface area contributed by atoms with E-state index >= 15 is 0 Å². The van der Waals surface area contributed by atoms with Crippen LogP contribution in [0.4, 0.5) is 0 Å². The number of amides is 2. The van der Waals surface area contributed by atoms with Crippen LogP contribution in [-0.2, 0) is 22.6 Å². The largest absolute Gasteiger partial charge is 0.352 e. The third-order valence-corrected chi connectivity index (χ3v) is 6.13. The molecule has 0 aliphatic rings. The van der Waals surface area contributed by atoms with Crippen molar-refractivity contribution in [1.29, 1.82) is 0 Å². The Morgan fingerprint density at radius 1 is 1.00 bits per heavy atom. The molecule has 2 amide bonds. The third-order valence-electron chi connectivity index (χ3n) is 5.90. The highest BCUT2D eigenvalue weighted by atomic mass is 35.5. The number of hydrogen-bond acceptors (Lipinski definition) is 2. The van der Waals surface area contributed by atoms with E-state index < -0.39 is 6.04 Å². The first-order chi connectivity index (χ1) is 15.4. The van der Waals surface area contributed by atoms with Gasteiger partial charge in [0.05, 0.1) is 0 Å². The number of aryl methyl sites for hydroxylation is 1. The summed E-state index contributed by atoms with van der Waals surface area (Å²) in [5, 5.41) is 5.93. The van der Waals surface area contributed by atoms with Gasteiger partial charge < -0.3 is 10.2 Å². The third kappa shape index (κ3) is 6.10. The Labute approximate surface area is 195 Å². The van der Waals surface area contributed by atoms with E-state index in [-0.39, 0.29) is 17.9 Å². The lowest BCUT2D eigenvalue weighted by atomic mass is 10.0. The van der Waals surface area contributed by atoms with Crippen LogP contribution in [0.1, 0.15) is 44.7 Å². The number of fused-ring (bicyclic) bond motifs is 1. The molecule has 4 nitrogen and oxygen atoms in total. The van der Waals surface area contributed by atoms with Crippen LogP contribution < -0.4 is 5.32 Å². The topological polar surface area (TPSA) is 49.4 Å². The SMILES string of the molecule is CC[C@@H](C)NC(=O)[C@H](C)N(Cc1cccc(Cl)c1)C(=O)CCc1cccc2ccccc12. The van der Waals surface area contributed by atoms with E-state index in [1.165, 1.54) is 0 Å². The van der Waals surface area contributed by atoms with Crippen LogP contribution in [0.15, 0.2) is 66.7 Å². The van der Waals surface area contributed by atoms with Gasteiger partial charge in [-0.05, 0) is 60.7 Å². The minimum Gasteiger partial charge on any atom is -0.352 e. The molecule has 3 aromatic carbocycles. The van der Waals surface area contributed by atoms with E-state index in [9.17, 15) is 9.59 Å². The molecule has 1 N–H and O–H groups in total. The van der Waals surface area contributed by atoms with Crippen molar-refractivity contribution in [1.82, 2.24) is 10.2 Å². The van der Waals surface area contributed by atoms with Crippen LogP contribution in [0, 0.1) is 0 Å². The predicted molar refractivity (Wildman–Crippen MR) is 132 cm³/mol. The Hall–Kier alpha value is -2.85. The Balaban J connectivity index is 1.79. The van der Waals surface area contributed by atoms with E-state index in [0.29, 0.717) is 24.4 Å². The molecule has 0 spiro atoms. The van der Waals surface area contributed by atoms with Crippen LogP contribution in [0.5, 0.6) is 0 Å². The minimum absolute atomic E-state index is 0.0512. The zero-order valence-electron chi connectivity index (χ0n) is 19.0. The normalized spacial score (nSPS) is 12.9. The van der Waals surface area contributed by atoms with E-state index in [1.807, 2.05) is 50.2 Å². The van der Waals surface area contributed by atoms with Gasteiger partial charge in [0.1, 0.15) is 6.04 Å². The van der Waals surface area contributed by atoms with Crippen molar-refractivity contribution in [3.05, 3.63) is 82.9 Å². The highest BCUT2D eigenvalue weighted by Gasteiger charge is 2.26. The first-order valence-corrected chi connectivity index (χ1v) is 11.6. The van der Waals surface area contributed by atoms with Gasteiger partial charge in [0.2, 0.25) is 11.8 Å². The fraction of sp³-hybridized carbons (Fsp3) is 0.333. The molecule has 3 rings (SSSR count). The summed E-state index contributed by atoms with van der Waals surface area (Å²) < 4.78 is 0. The molecule has 168 valence electrons. The van der Waals surface area contributed by atoms with Crippen LogP contribution in [0.25, 0.3) is 10.8 Å². The maximum absolute atomic E-state index is 13.4. The van der Waals surface area contributed by atoms with Crippen LogP contribution in [0.2, 0.25) is 5.02 Å². The lowest BCUT2D eigenvalue weighted by molar-refractivity contribution is -0.140.